The fourth-order valence-electron chi connectivity index (χ4n) is 1.96. The van der Waals surface area contributed by atoms with E-state index in [1.165, 1.54) is 12.1 Å². The molecule has 1 aliphatic rings. The third-order valence-electron chi connectivity index (χ3n) is 3.21. The van der Waals surface area contributed by atoms with Crippen molar-refractivity contribution in [1.29, 1.82) is 0 Å². The highest BCUT2D eigenvalue weighted by Crippen LogP contribution is 2.19. The van der Waals surface area contributed by atoms with Crippen LogP contribution < -0.4 is 10.2 Å². The van der Waals surface area contributed by atoms with E-state index in [4.69, 9.17) is 0 Å². The largest absolute Gasteiger partial charge is 0.309 e. The van der Waals surface area contributed by atoms with Crippen LogP contribution in [-0.4, -0.2) is 25.5 Å². The Hall–Kier alpha value is -1.68. The summed E-state index contributed by atoms with van der Waals surface area (Å²) in [6.07, 6.45) is 0. The number of hydrogen-bond acceptors (Lipinski definition) is 2. The van der Waals surface area contributed by atoms with E-state index in [2.05, 4.69) is 5.32 Å². The molecule has 1 amide bonds. The molecule has 1 aromatic carbocycles. The second kappa shape index (κ2) is 5.31. The minimum Gasteiger partial charge on any atom is -0.309 e. The molecular formula is C14H17FN2O. The summed E-state index contributed by atoms with van der Waals surface area (Å²) < 4.78 is 13.2. The molecule has 96 valence electrons. The van der Waals surface area contributed by atoms with Crippen LogP contribution in [0.4, 0.5) is 10.1 Å². The molecule has 0 saturated carbocycles. The molecule has 0 radical (unpaired) electrons. The second-order valence-electron chi connectivity index (χ2n) is 4.36. The van der Waals surface area contributed by atoms with Crippen LogP contribution >= 0.6 is 0 Å². The molecule has 0 atom stereocenters. The number of amides is 1. The van der Waals surface area contributed by atoms with E-state index in [0.29, 0.717) is 12.2 Å². The van der Waals surface area contributed by atoms with Crippen LogP contribution in [0.3, 0.4) is 0 Å². The molecule has 4 heteroatoms. The van der Waals surface area contributed by atoms with Crippen molar-refractivity contribution in [2.45, 2.75) is 13.8 Å². The number of benzene rings is 1. The van der Waals surface area contributed by atoms with Gasteiger partial charge in [0, 0.05) is 30.9 Å². The van der Waals surface area contributed by atoms with Crippen LogP contribution in [0.2, 0.25) is 0 Å². The average molecular weight is 248 g/mol. The van der Waals surface area contributed by atoms with Gasteiger partial charge in [-0.15, -0.1) is 0 Å². The molecule has 0 aromatic heterocycles. The minimum atomic E-state index is -0.325. The van der Waals surface area contributed by atoms with Crippen molar-refractivity contribution in [3.8, 4) is 0 Å². The Morgan fingerprint density at radius 3 is 2.67 bits per heavy atom. The summed E-state index contributed by atoms with van der Waals surface area (Å²) in [6, 6.07) is 6.14. The number of nitrogens with zero attached hydrogens (tertiary/aromatic N) is 1. The number of nitrogens with one attached hydrogen (secondary N) is 1. The predicted octanol–water partition coefficient (Wildman–Crippen LogP) is 2.10. The number of halogens is 1. The lowest BCUT2D eigenvalue weighted by atomic mass is 10.0. The molecule has 0 bridgehead atoms. The number of rotatable bonds is 3. The van der Waals surface area contributed by atoms with Crippen LogP contribution in [0, 0.1) is 5.82 Å². The van der Waals surface area contributed by atoms with Gasteiger partial charge in [-0.2, -0.15) is 0 Å². The minimum absolute atomic E-state index is 0.0420. The highest BCUT2D eigenvalue weighted by atomic mass is 19.1. The molecule has 0 spiro atoms. The zero-order valence-electron chi connectivity index (χ0n) is 10.7. The SMILES string of the molecule is CCN(C(=O)C(C)=C1CNC1)c1cccc(F)c1. The Balaban J connectivity index is 2.26. The maximum atomic E-state index is 13.2. The van der Waals surface area contributed by atoms with Crippen LogP contribution in [0.15, 0.2) is 35.4 Å². The number of carbonyl (C=O) groups excluding carboxylic acids is 1. The lowest BCUT2D eigenvalue weighted by Crippen LogP contribution is -2.39. The first-order valence-electron chi connectivity index (χ1n) is 6.10. The van der Waals surface area contributed by atoms with E-state index < -0.39 is 0 Å². The lowest BCUT2D eigenvalue weighted by Gasteiger charge is -2.26. The van der Waals surface area contributed by atoms with Crippen LogP contribution in [-0.2, 0) is 4.79 Å². The van der Waals surface area contributed by atoms with Crippen molar-refractivity contribution in [2.24, 2.45) is 0 Å². The molecule has 2 rings (SSSR count). The van der Waals surface area contributed by atoms with Gasteiger partial charge in [-0.25, -0.2) is 4.39 Å². The third kappa shape index (κ3) is 2.43. The lowest BCUT2D eigenvalue weighted by molar-refractivity contribution is -0.115. The molecular weight excluding hydrogens is 231 g/mol. The summed E-state index contributed by atoms with van der Waals surface area (Å²) in [5.41, 5.74) is 2.50. The molecule has 3 nitrogen and oxygen atoms in total. The van der Waals surface area contributed by atoms with E-state index in [0.717, 1.165) is 24.2 Å². The van der Waals surface area contributed by atoms with Gasteiger partial charge in [0.2, 0.25) is 0 Å². The van der Waals surface area contributed by atoms with Crippen molar-refractivity contribution in [1.82, 2.24) is 5.32 Å². The highest BCUT2D eigenvalue weighted by Gasteiger charge is 2.21. The Labute approximate surface area is 106 Å². The summed E-state index contributed by atoms with van der Waals surface area (Å²) in [4.78, 5) is 13.9. The maximum absolute atomic E-state index is 13.2. The Bertz CT molecular complexity index is 490. The number of carbonyl (C=O) groups is 1. The number of likely N-dealkylation sites (N-methyl/N-ethyl adjacent to an activating group) is 1. The molecule has 18 heavy (non-hydrogen) atoms. The van der Waals surface area contributed by atoms with E-state index in [9.17, 15) is 9.18 Å². The fraction of sp³-hybridized carbons (Fsp3) is 0.357. The van der Waals surface area contributed by atoms with E-state index in [1.807, 2.05) is 13.8 Å². The monoisotopic (exact) mass is 248 g/mol. The summed E-state index contributed by atoms with van der Waals surface area (Å²) in [5.74, 6) is -0.367. The number of anilines is 1. The first-order chi connectivity index (χ1) is 8.63. The Kier molecular flexibility index (Phi) is 3.77. The van der Waals surface area contributed by atoms with Gasteiger partial charge >= 0.3 is 0 Å². The summed E-state index contributed by atoms with van der Waals surface area (Å²) in [6.45, 7) is 5.80. The smallest absolute Gasteiger partial charge is 0.253 e. The standard InChI is InChI=1S/C14H17FN2O/c1-3-17(13-6-4-5-12(15)7-13)14(18)10(2)11-8-16-9-11/h4-7,16H,3,8-9H2,1-2H3. The maximum Gasteiger partial charge on any atom is 0.253 e. The molecule has 1 aliphatic heterocycles. The van der Waals surface area contributed by atoms with Gasteiger partial charge in [-0.1, -0.05) is 6.07 Å². The second-order valence-corrected chi connectivity index (χ2v) is 4.36. The van der Waals surface area contributed by atoms with Crippen LogP contribution in [0.25, 0.3) is 0 Å². The van der Waals surface area contributed by atoms with Crippen LogP contribution in [0.1, 0.15) is 13.8 Å². The first-order valence-corrected chi connectivity index (χ1v) is 6.10. The fourth-order valence-corrected chi connectivity index (χ4v) is 1.96. The van der Waals surface area contributed by atoms with Gasteiger partial charge < -0.3 is 10.2 Å². The van der Waals surface area contributed by atoms with Gasteiger partial charge in [0.15, 0.2) is 0 Å². The molecule has 0 aliphatic carbocycles. The van der Waals surface area contributed by atoms with Gasteiger partial charge in [-0.05, 0) is 37.6 Å². The molecule has 1 heterocycles. The molecule has 1 saturated heterocycles. The van der Waals surface area contributed by atoms with Crippen molar-refractivity contribution >= 4 is 11.6 Å². The molecule has 1 fully saturated rings. The quantitative estimate of drug-likeness (QED) is 0.831. The molecule has 1 aromatic rings. The third-order valence-corrected chi connectivity index (χ3v) is 3.21. The number of hydrogen-bond donors (Lipinski definition) is 1. The van der Waals surface area contributed by atoms with Gasteiger partial charge in [0.05, 0.1) is 0 Å². The van der Waals surface area contributed by atoms with Crippen LogP contribution in [0.5, 0.6) is 0 Å². The van der Waals surface area contributed by atoms with E-state index in [1.54, 1.807) is 17.0 Å². The van der Waals surface area contributed by atoms with Gasteiger partial charge in [-0.3, -0.25) is 4.79 Å². The molecule has 0 unspecified atom stereocenters. The zero-order valence-corrected chi connectivity index (χ0v) is 10.7. The highest BCUT2D eigenvalue weighted by molar-refractivity contribution is 6.05. The van der Waals surface area contributed by atoms with Gasteiger partial charge in [0.25, 0.3) is 5.91 Å². The van der Waals surface area contributed by atoms with Crippen molar-refractivity contribution in [2.75, 3.05) is 24.5 Å². The Morgan fingerprint density at radius 1 is 1.44 bits per heavy atom. The van der Waals surface area contributed by atoms with E-state index in [-0.39, 0.29) is 11.7 Å². The van der Waals surface area contributed by atoms with Crippen molar-refractivity contribution < 1.29 is 9.18 Å². The van der Waals surface area contributed by atoms with E-state index >= 15 is 0 Å². The first kappa shape index (κ1) is 12.8. The van der Waals surface area contributed by atoms with Crippen molar-refractivity contribution in [3.63, 3.8) is 0 Å². The predicted molar refractivity (Wildman–Crippen MR) is 70.0 cm³/mol. The summed E-state index contributed by atoms with van der Waals surface area (Å²) in [7, 11) is 0. The average Bonchev–Trinajstić information content (AvgIpc) is 2.27. The Morgan fingerprint density at radius 2 is 2.17 bits per heavy atom. The topological polar surface area (TPSA) is 32.3 Å². The zero-order chi connectivity index (χ0) is 13.1. The molecule has 1 N–H and O–H groups in total. The van der Waals surface area contributed by atoms with Crippen molar-refractivity contribution in [3.05, 3.63) is 41.2 Å². The summed E-state index contributed by atoms with van der Waals surface area (Å²) >= 11 is 0. The normalized spacial score (nSPS) is 14.1. The van der Waals surface area contributed by atoms with Gasteiger partial charge in [0.1, 0.15) is 5.82 Å². The summed E-state index contributed by atoms with van der Waals surface area (Å²) in [5, 5.41) is 3.11.